The van der Waals surface area contributed by atoms with Crippen LogP contribution in [0.5, 0.6) is 0 Å². The van der Waals surface area contributed by atoms with Gasteiger partial charge >= 0.3 is 0 Å². The van der Waals surface area contributed by atoms with Crippen LogP contribution in [0, 0.1) is 5.82 Å². The topological polar surface area (TPSA) is 40.7 Å². The summed E-state index contributed by atoms with van der Waals surface area (Å²) in [7, 11) is 0. The zero-order valence-corrected chi connectivity index (χ0v) is 11.7. The molecule has 0 unspecified atom stereocenters. The predicted molar refractivity (Wildman–Crippen MR) is 73.7 cm³/mol. The summed E-state index contributed by atoms with van der Waals surface area (Å²) in [5.74, 6) is -0.259. The first kappa shape index (κ1) is 13.2. The Morgan fingerprint density at radius 3 is 3.00 bits per heavy atom. The molecule has 0 atom stereocenters. The van der Waals surface area contributed by atoms with E-state index in [4.69, 9.17) is 0 Å². The molecule has 3 nitrogen and oxygen atoms in total. The number of hydrogen-bond donors (Lipinski definition) is 2. The fraction of sp³-hybridized carbons (Fsp3) is 0.308. The van der Waals surface area contributed by atoms with Crippen molar-refractivity contribution in [2.45, 2.75) is 19.9 Å². The molecule has 2 N–H and O–H groups in total. The van der Waals surface area contributed by atoms with Crippen molar-refractivity contribution in [2.75, 3.05) is 6.54 Å². The molecule has 0 aliphatic carbocycles. The van der Waals surface area contributed by atoms with Crippen molar-refractivity contribution < 1.29 is 4.39 Å². The van der Waals surface area contributed by atoms with E-state index in [0.717, 1.165) is 28.7 Å². The first-order chi connectivity index (χ1) is 8.72. The maximum absolute atomic E-state index is 13.9. The molecular formula is C13H15BrFN3. The number of aromatic amines is 1. The van der Waals surface area contributed by atoms with E-state index in [0.29, 0.717) is 12.1 Å². The molecule has 0 fully saturated rings. The number of nitrogens with one attached hydrogen (secondary N) is 2. The number of aromatic nitrogens is 2. The van der Waals surface area contributed by atoms with Crippen LogP contribution in [0.25, 0.3) is 11.3 Å². The van der Waals surface area contributed by atoms with Crippen LogP contribution in [0.3, 0.4) is 0 Å². The maximum Gasteiger partial charge on any atom is 0.133 e. The number of rotatable bonds is 5. The highest BCUT2D eigenvalue weighted by molar-refractivity contribution is 9.10. The van der Waals surface area contributed by atoms with Crippen molar-refractivity contribution >= 4 is 15.9 Å². The summed E-state index contributed by atoms with van der Waals surface area (Å²) in [6.45, 7) is 3.74. The van der Waals surface area contributed by atoms with Gasteiger partial charge in [0, 0.05) is 22.1 Å². The second kappa shape index (κ2) is 6.11. The average Bonchev–Trinajstić information content (AvgIpc) is 2.78. The zero-order chi connectivity index (χ0) is 13.0. The summed E-state index contributed by atoms with van der Waals surface area (Å²) in [6.07, 6.45) is 2.80. The van der Waals surface area contributed by atoms with E-state index in [1.807, 2.05) is 6.07 Å². The van der Waals surface area contributed by atoms with Crippen molar-refractivity contribution in [3.8, 4) is 11.3 Å². The minimum Gasteiger partial charge on any atom is -0.313 e. The number of hydrogen-bond acceptors (Lipinski definition) is 2. The van der Waals surface area contributed by atoms with Gasteiger partial charge in [0.05, 0.1) is 11.9 Å². The summed E-state index contributed by atoms with van der Waals surface area (Å²) in [6, 6.07) is 5.03. The van der Waals surface area contributed by atoms with E-state index in [1.165, 1.54) is 6.07 Å². The van der Waals surface area contributed by atoms with E-state index in [9.17, 15) is 4.39 Å². The smallest absolute Gasteiger partial charge is 0.133 e. The molecule has 0 bridgehead atoms. The minimum atomic E-state index is -0.259. The average molecular weight is 312 g/mol. The number of benzene rings is 1. The lowest BCUT2D eigenvalue weighted by molar-refractivity contribution is 0.629. The lowest BCUT2D eigenvalue weighted by Gasteiger charge is -2.06. The highest BCUT2D eigenvalue weighted by atomic mass is 79.9. The molecule has 18 heavy (non-hydrogen) atoms. The molecule has 1 aromatic carbocycles. The zero-order valence-electron chi connectivity index (χ0n) is 10.1. The molecule has 2 rings (SSSR count). The summed E-state index contributed by atoms with van der Waals surface area (Å²) in [5.41, 5.74) is 2.26. The van der Waals surface area contributed by atoms with Gasteiger partial charge in [-0.1, -0.05) is 22.9 Å². The second-order valence-electron chi connectivity index (χ2n) is 4.07. The Morgan fingerprint density at radius 2 is 2.28 bits per heavy atom. The van der Waals surface area contributed by atoms with Gasteiger partial charge in [-0.2, -0.15) is 5.10 Å². The molecule has 2 aromatic rings. The van der Waals surface area contributed by atoms with Crippen molar-refractivity contribution in [1.29, 1.82) is 0 Å². The van der Waals surface area contributed by atoms with Gasteiger partial charge in [-0.05, 0) is 31.2 Å². The molecule has 0 amide bonds. The van der Waals surface area contributed by atoms with E-state index in [-0.39, 0.29) is 5.82 Å². The first-order valence-corrected chi connectivity index (χ1v) is 6.70. The Hall–Kier alpha value is -1.20. The first-order valence-electron chi connectivity index (χ1n) is 5.90. The molecule has 0 spiro atoms. The van der Waals surface area contributed by atoms with Crippen LogP contribution in [0.2, 0.25) is 0 Å². The van der Waals surface area contributed by atoms with Crippen LogP contribution in [-0.4, -0.2) is 16.7 Å². The van der Waals surface area contributed by atoms with Gasteiger partial charge in [-0.3, -0.25) is 5.10 Å². The lowest BCUT2D eigenvalue weighted by atomic mass is 10.1. The minimum absolute atomic E-state index is 0.259. The van der Waals surface area contributed by atoms with Crippen molar-refractivity contribution in [3.05, 3.63) is 40.2 Å². The quantitative estimate of drug-likeness (QED) is 0.830. The van der Waals surface area contributed by atoms with Crippen LogP contribution in [0.4, 0.5) is 4.39 Å². The Kier molecular flexibility index (Phi) is 4.49. The van der Waals surface area contributed by atoms with E-state index >= 15 is 0 Å². The Balaban J connectivity index is 2.25. The third-order valence-corrected chi connectivity index (χ3v) is 3.15. The van der Waals surface area contributed by atoms with Crippen LogP contribution >= 0.6 is 15.9 Å². The normalized spacial score (nSPS) is 10.8. The highest BCUT2D eigenvalue weighted by Gasteiger charge is 2.11. The SMILES string of the molecule is CCCNCc1cn[nH]c1-c1ccc(Br)cc1F. The Morgan fingerprint density at radius 1 is 1.44 bits per heavy atom. The Labute approximate surface area is 114 Å². The van der Waals surface area contributed by atoms with E-state index < -0.39 is 0 Å². The van der Waals surface area contributed by atoms with Gasteiger partial charge < -0.3 is 5.32 Å². The number of halogens is 2. The highest BCUT2D eigenvalue weighted by Crippen LogP contribution is 2.26. The van der Waals surface area contributed by atoms with Crippen LogP contribution in [0.1, 0.15) is 18.9 Å². The molecule has 0 radical (unpaired) electrons. The van der Waals surface area contributed by atoms with Gasteiger partial charge in [0.15, 0.2) is 0 Å². The standard InChI is InChI=1S/C13H15BrFN3/c1-2-5-16-7-9-8-17-18-13(9)11-4-3-10(14)6-12(11)15/h3-4,6,8,16H,2,5,7H2,1H3,(H,17,18). The molecular weight excluding hydrogens is 297 g/mol. The molecule has 1 aromatic heterocycles. The largest absolute Gasteiger partial charge is 0.313 e. The summed E-state index contributed by atoms with van der Waals surface area (Å²) >= 11 is 3.25. The van der Waals surface area contributed by atoms with Crippen molar-refractivity contribution in [1.82, 2.24) is 15.5 Å². The fourth-order valence-corrected chi connectivity index (χ4v) is 2.10. The molecule has 0 saturated carbocycles. The number of H-pyrrole nitrogens is 1. The van der Waals surface area contributed by atoms with Crippen LogP contribution in [-0.2, 0) is 6.54 Å². The third-order valence-electron chi connectivity index (χ3n) is 2.66. The van der Waals surface area contributed by atoms with Gasteiger partial charge in [0.1, 0.15) is 5.82 Å². The van der Waals surface area contributed by atoms with Crippen molar-refractivity contribution in [3.63, 3.8) is 0 Å². The number of nitrogens with zero attached hydrogens (tertiary/aromatic N) is 1. The summed E-state index contributed by atoms with van der Waals surface area (Å²) in [4.78, 5) is 0. The van der Waals surface area contributed by atoms with Crippen LogP contribution in [0.15, 0.2) is 28.9 Å². The molecule has 1 heterocycles. The molecule has 0 aliphatic heterocycles. The second-order valence-corrected chi connectivity index (χ2v) is 4.99. The van der Waals surface area contributed by atoms with Gasteiger partial charge in [-0.15, -0.1) is 0 Å². The Bertz CT molecular complexity index is 525. The third kappa shape index (κ3) is 2.97. The van der Waals surface area contributed by atoms with Crippen molar-refractivity contribution in [2.24, 2.45) is 0 Å². The molecule has 5 heteroatoms. The molecule has 96 valence electrons. The molecule has 0 saturated heterocycles. The maximum atomic E-state index is 13.9. The van der Waals surface area contributed by atoms with Crippen LogP contribution < -0.4 is 5.32 Å². The monoisotopic (exact) mass is 311 g/mol. The molecule has 0 aliphatic rings. The van der Waals surface area contributed by atoms with Gasteiger partial charge in [-0.25, -0.2) is 4.39 Å². The summed E-state index contributed by atoms with van der Waals surface area (Å²) in [5, 5.41) is 10.1. The fourth-order valence-electron chi connectivity index (χ4n) is 1.77. The van der Waals surface area contributed by atoms with Gasteiger partial charge in [0.2, 0.25) is 0 Å². The van der Waals surface area contributed by atoms with E-state index in [1.54, 1.807) is 12.3 Å². The van der Waals surface area contributed by atoms with E-state index in [2.05, 4.69) is 38.4 Å². The lowest BCUT2D eigenvalue weighted by Crippen LogP contribution is -2.13. The summed E-state index contributed by atoms with van der Waals surface area (Å²) < 4.78 is 14.6. The van der Waals surface area contributed by atoms with Gasteiger partial charge in [0.25, 0.3) is 0 Å². The predicted octanol–water partition coefficient (Wildman–Crippen LogP) is 3.48.